The van der Waals surface area contributed by atoms with E-state index in [0.29, 0.717) is 16.3 Å². The number of anilines is 1. The van der Waals surface area contributed by atoms with Crippen molar-refractivity contribution >= 4 is 17.3 Å². The van der Waals surface area contributed by atoms with Crippen LogP contribution in [0.3, 0.4) is 0 Å². The first kappa shape index (κ1) is 13.7. The van der Waals surface area contributed by atoms with Crippen molar-refractivity contribution in [1.82, 2.24) is 0 Å². The van der Waals surface area contributed by atoms with E-state index in [-0.39, 0.29) is 6.42 Å². The maximum absolute atomic E-state index is 12.7. The Hall–Kier alpha value is -1.68. The maximum Gasteiger partial charge on any atom is 0.416 e. The van der Waals surface area contributed by atoms with E-state index in [1.165, 1.54) is 6.07 Å². The van der Waals surface area contributed by atoms with Crippen LogP contribution in [0.25, 0.3) is 0 Å². The number of nitrogen functional groups attached to an aromatic ring is 1. The van der Waals surface area contributed by atoms with Gasteiger partial charge >= 0.3 is 6.18 Å². The second kappa shape index (κ2) is 5.13. The van der Waals surface area contributed by atoms with E-state index < -0.39 is 11.7 Å². The quantitative estimate of drug-likeness (QED) is 0.806. The second-order valence-corrected chi connectivity index (χ2v) is 4.59. The number of hydrogen-bond acceptors (Lipinski definition) is 1. The Balaban J connectivity index is 2.38. The minimum Gasteiger partial charge on any atom is -0.398 e. The Morgan fingerprint density at radius 2 is 1.68 bits per heavy atom. The molecule has 0 atom stereocenters. The molecule has 0 bridgehead atoms. The summed E-state index contributed by atoms with van der Waals surface area (Å²) in [6.07, 6.45) is -4.10. The van der Waals surface area contributed by atoms with E-state index in [9.17, 15) is 13.2 Å². The SMILES string of the molecule is Nc1ccc(C(F)(F)F)cc1Cc1ccccc1Cl. The van der Waals surface area contributed by atoms with E-state index in [1.807, 2.05) is 0 Å². The fourth-order valence-corrected chi connectivity index (χ4v) is 1.98. The molecule has 1 nitrogen and oxygen atoms in total. The Bertz CT molecular complexity index is 593. The van der Waals surface area contributed by atoms with Crippen LogP contribution < -0.4 is 5.73 Å². The van der Waals surface area contributed by atoms with E-state index in [2.05, 4.69) is 0 Å². The third kappa shape index (κ3) is 3.20. The molecule has 2 aromatic rings. The van der Waals surface area contributed by atoms with Crippen molar-refractivity contribution in [2.75, 3.05) is 5.73 Å². The van der Waals surface area contributed by atoms with Gasteiger partial charge in [-0.2, -0.15) is 13.2 Å². The van der Waals surface area contributed by atoms with Gasteiger partial charge in [-0.05, 0) is 35.4 Å². The van der Waals surface area contributed by atoms with Crippen molar-refractivity contribution in [2.45, 2.75) is 12.6 Å². The zero-order valence-electron chi connectivity index (χ0n) is 9.84. The summed E-state index contributed by atoms with van der Waals surface area (Å²) in [6.45, 7) is 0. The van der Waals surface area contributed by atoms with Crippen LogP contribution in [-0.2, 0) is 12.6 Å². The van der Waals surface area contributed by atoms with Crippen LogP contribution >= 0.6 is 11.6 Å². The molecule has 5 heteroatoms. The molecule has 0 fully saturated rings. The Morgan fingerprint density at radius 3 is 2.32 bits per heavy atom. The molecule has 0 aromatic heterocycles. The lowest BCUT2D eigenvalue weighted by Gasteiger charge is -2.12. The van der Waals surface area contributed by atoms with Gasteiger partial charge in [0.15, 0.2) is 0 Å². The summed E-state index contributed by atoms with van der Waals surface area (Å²) in [5.41, 5.74) is 6.51. The highest BCUT2D eigenvalue weighted by atomic mass is 35.5. The minimum absolute atomic E-state index is 0.273. The summed E-state index contributed by atoms with van der Waals surface area (Å²) in [4.78, 5) is 0. The first-order valence-corrected chi connectivity index (χ1v) is 5.95. The monoisotopic (exact) mass is 285 g/mol. The molecule has 0 unspecified atom stereocenters. The smallest absolute Gasteiger partial charge is 0.398 e. The van der Waals surface area contributed by atoms with Gasteiger partial charge in [0.05, 0.1) is 5.56 Å². The normalized spacial score (nSPS) is 11.6. The van der Waals surface area contributed by atoms with Crippen molar-refractivity contribution in [3.05, 3.63) is 64.2 Å². The number of halogens is 4. The molecule has 2 N–H and O–H groups in total. The average molecular weight is 286 g/mol. The highest BCUT2D eigenvalue weighted by molar-refractivity contribution is 6.31. The van der Waals surface area contributed by atoms with Gasteiger partial charge in [-0.15, -0.1) is 0 Å². The lowest BCUT2D eigenvalue weighted by atomic mass is 10.0. The molecule has 0 heterocycles. The molecule has 0 radical (unpaired) electrons. The van der Waals surface area contributed by atoms with Gasteiger partial charge in [-0.3, -0.25) is 0 Å². The molecule has 0 spiro atoms. The topological polar surface area (TPSA) is 26.0 Å². The van der Waals surface area contributed by atoms with E-state index >= 15 is 0 Å². The van der Waals surface area contributed by atoms with Gasteiger partial charge in [-0.25, -0.2) is 0 Å². The van der Waals surface area contributed by atoms with Crippen molar-refractivity contribution < 1.29 is 13.2 Å². The third-order valence-corrected chi connectivity index (χ3v) is 3.18. The number of alkyl halides is 3. The molecule has 0 saturated heterocycles. The lowest BCUT2D eigenvalue weighted by molar-refractivity contribution is -0.137. The Kier molecular flexibility index (Phi) is 3.71. The lowest BCUT2D eigenvalue weighted by Crippen LogP contribution is -2.07. The standard InChI is InChI=1S/C14H11ClF3N/c15-12-4-2-1-3-9(12)7-10-8-11(14(16,17)18)5-6-13(10)19/h1-6,8H,7,19H2. The van der Waals surface area contributed by atoms with E-state index in [1.54, 1.807) is 24.3 Å². The van der Waals surface area contributed by atoms with Gasteiger partial charge in [0.25, 0.3) is 0 Å². The minimum atomic E-state index is -4.37. The Labute approximate surface area is 113 Å². The number of rotatable bonds is 2. The summed E-state index contributed by atoms with van der Waals surface area (Å²) < 4.78 is 38.0. The van der Waals surface area contributed by atoms with Crippen molar-refractivity contribution in [3.63, 3.8) is 0 Å². The molecule has 2 rings (SSSR count). The molecular formula is C14H11ClF3N. The van der Waals surface area contributed by atoms with Crippen molar-refractivity contribution in [1.29, 1.82) is 0 Å². The van der Waals surface area contributed by atoms with Crippen molar-refractivity contribution in [2.24, 2.45) is 0 Å². The molecule has 100 valence electrons. The largest absolute Gasteiger partial charge is 0.416 e. The van der Waals surface area contributed by atoms with Gasteiger partial charge in [-0.1, -0.05) is 29.8 Å². The molecule has 0 amide bonds. The highest BCUT2D eigenvalue weighted by Crippen LogP contribution is 2.32. The molecule has 0 aliphatic heterocycles. The fourth-order valence-electron chi connectivity index (χ4n) is 1.78. The van der Waals surface area contributed by atoms with Crippen LogP contribution in [0, 0.1) is 0 Å². The average Bonchev–Trinajstić information content (AvgIpc) is 2.33. The van der Waals surface area contributed by atoms with Crippen LogP contribution in [0.1, 0.15) is 16.7 Å². The zero-order chi connectivity index (χ0) is 14.0. The zero-order valence-corrected chi connectivity index (χ0v) is 10.6. The van der Waals surface area contributed by atoms with Crippen molar-refractivity contribution in [3.8, 4) is 0 Å². The first-order chi connectivity index (χ1) is 8.88. The van der Waals surface area contributed by atoms with Crippen LogP contribution in [0.5, 0.6) is 0 Å². The second-order valence-electron chi connectivity index (χ2n) is 4.18. The van der Waals surface area contributed by atoms with E-state index in [0.717, 1.165) is 17.7 Å². The van der Waals surface area contributed by atoms with E-state index in [4.69, 9.17) is 17.3 Å². The molecule has 0 aliphatic rings. The Morgan fingerprint density at radius 1 is 1.00 bits per heavy atom. The van der Waals surface area contributed by atoms with Gasteiger partial charge < -0.3 is 5.73 Å². The number of hydrogen-bond donors (Lipinski definition) is 1. The summed E-state index contributed by atoms with van der Waals surface area (Å²) in [5.74, 6) is 0. The molecular weight excluding hydrogens is 275 g/mol. The first-order valence-electron chi connectivity index (χ1n) is 5.57. The van der Waals surface area contributed by atoms with Crippen LogP contribution in [0.2, 0.25) is 5.02 Å². The van der Waals surface area contributed by atoms with Gasteiger partial charge in [0, 0.05) is 17.1 Å². The molecule has 19 heavy (non-hydrogen) atoms. The molecule has 2 aromatic carbocycles. The van der Waals surface area contributed by atoms with Gasteiger partial charge in [0.2, 0.25) is 0 Å². The van der Waals surface area contributed by atoms with Crippen LogP contribution in [0.4, 0.5) is 18.9 Å². The summed E-state index contributed by atoms with van der Waals surface area (Å²) in [6, 6.07) is 10.3. The van der Waals surface area contributed by atoms with Crippen LogP contribution in [-0.4, -0.2) is 0 Å². The predicted molar refractivity (Wildman–Crippen MR) is 70.1 cm³/mol. The number of benzene rings is 2. The third-order valence-electron chi connectivity index (χ3n) is 2.81. The summed E-state index contributed by atoms with van der Waals surface area (Å²) in [5, 5.41) is 0.513. The fraction of sp³-hybridized carbons (Fsp3) is 0.143. The summed E-state index contributed by atoms with van der Waals surface area (Å²) >= 11 is 5.99. The highest BCUT2D eigenvalue weighted by Gasteiger charge is 2.30. The summed E-state index contributed by atoms with van der Waals surface area (Å²) in [7, 11) is 0. The maximum atomic E-state index is 12.7. The molecule has 0 saturated carbocycles. The van der Waals surface area contributed by atoms with Crippen LogP contribution in [0.15, 0.2) is 42.5 Å². The predicted octanol–water partition coefficient (Wildman–Crippen LogP) is 4.53. The van der Waals surface area contributed by atoms with Gasteiger partial charge in [0.1, 0.15) is 0 Å². The number of nitrogens with two attached hydrogens (primary N) is 1. The molecule has 0 aliphatic carbocycles.